The molecule has 2 rings (SSSR count). The number of rotatable bonds is 6. The van der Waals surface area contributed by atoms with Gasteiger partial charge in [-0.25, -0.2) is 4.98 Å². The van der Waals surface area contributed by atoms with Crippen LogP contribution < -0.4 is 5.32 Å². The molecule has 0 bridgehead atoms. The number of imidazole rings is 1. The van der Waals surface area contributed by atoms with E-state index < -0.39 is 0 Å². The fraction of sp³-hybridized carbons (Fsp3) is 0.562. The van der Waals surface area contributed by atoms with Crippen LogP contribution in [0.1, 0.15) is 33.0 Å². The van der Waals surface area contributed by atoms with Crippen molar-refractivity contribution in [1.29, 1.82) is 0 Å². The minimum Gasteiger partial charge on any atom is -0.331 e. The van der Waals surface area contributed by atoms with Crippen LogP contribution in [0.2, 0.25) is 0 Å². The maximum atomic E-state index is 4.72. The van der Waals surface area contributed by atoms with Gasteiger partial charge in [-0.05, 0) is 31.0 Å². The molecule has 1 heterocycles. The van der Waals surface area contributed by atoms with Crippen molar-refractivity contribution >= 4 is 11.0 Å². The first kappa shape index (κ1) is 14.1. The minimum atomic E-state index is 0.568. The topological polar surface area (TPSA) is 29.9 Å². The molecular formula is C16H25N3. The Morgan fingerprint density at radius 3 is 2.63 bits per heavy atom. The third-order valence-electron chi connectivity index (χ3n) is 3.62. The summed E-state index contributed by atoms with van der Waals surface area (Å²) >= 11 is 0. The fourth-order valence-electron chi connectivity index (χ4n) is 2.33. The second-order valence-electron chi connectivity index (χ2n) is 5.78. The third kappa shape index (κ3) is 3.57. The van der Waals surface area contributed by atoms with Gasteiger partial charge >= 0.3 is 0 Å². The van der Waals surface area contributed by atoms with Gasteiger partial charge < -0.3 is 9.88 Å². The summed E-state index contributed by atoms with van der Waals surface area (Å²) in [5.41, 5.74) is 2.33. The summed E-state index contributed by atoms with van der Waals surface area (Å²) in [4.78, 5) is 4.72. The van der Waals surface area contributed by atoms with Crippen molar-refractivity contribution in [3.8, 4) is 0 Å². The van der Waals surface area contributed by atoms with Gasteiger partial charge in [0.2, 0.25) is 0 Å². The quantitative estimate of drug-likeness (QED) is 0.863. The highest BCUT2D eigenvalue weighted by Crippen LogP contribution is 2.16. The number of aryl methyl sites for hydroxylation is 2. The van der Waals surface area contributed by atoms with Gasteiger partial charge in [0, 0.05) is 19.5 Å². The van der Waals surface area contributed by atoms with Gasteiger partial charge in [0.05, 0.1) is 11.0 Å². The molecule has 1 aromatic heterocycles. The lowest BCUT2D eigenvalue weighted by Crippen LogP contribution is -2.28. The summed E-state index contributed by atoms with van der Waals surface area (Å²) < 4.78 is 2.22. The molecule has 3 heteroatoms. The highest BCUT2D eigenvalue weighted by atomic mass is 15.1. The molecule has 0 aliphatic heterocycles. The van der Waals surface area contributed by atoms with E-state index >= 15 is 0 Å². The van der Waals surface area contributed by atoms with Crippen LogP contribution in [-0.2, 0) is 13.5 Å². The number of benzene rings is 1. The van der Waals surface area contributed by atoms with Gasteiger partial charge in [0.25, 0.3) is 0 Å². The van der Waals surface area contributed by atoms with Crippen LogP contribution in [0.4, 0.5) is 0 Å². The van der Waals surface area contributed by atoms with Crippen molar-refractivity contribution in [2.24, 2.45) is 13.0 Å². The Hall–Kier alpha value is -1.35. The lowest BCUT2D eigenvalue weighted by Gasteiger charge is -2.14. The van der Waals surface area contributed by atoms with Gasteiger partial charge in [-0.3, -0.25) is 0 Å². The van der Waals surface area contributed by atoms with Gasteiger partial charge in [0.1, 0.15) is 5.82 Å². The molecule has 0 saturated carbocycles. The Morgan fingerprint density at radius 1 is 1.21 bits per heavy atom. The molecule has 1 unspecified atom stereocenters. The molecule has 0 aliphatic rings. The Balaban J connectivity index is 1.96. The zero-order chi connectivity index (χ0) is 13.8. The van der Waals surface area contributed by atoms with Crippen molar-refractivity contribution in [1.82, 2.24) is 14.9 Å². The first-order chi connectivity index (χ1) is 9.08. The lowest BCUT2D eigenvalue weighted by atomic mass is 10.1. The second-order valence-corrected chi connectivity index (χ2v) is 5.78. The number of aromatic nitrogens is 2. The van der Waals surface area contributed by atoms with Crippen molar-refractivity contribution in [3.05, 3.63) is 30.1 Å². The summed E-state index contributed by atoms with van der Waals surface area (Å²) in [7, 11) is 2.11. The summed E-state index contributed by atoms with van der Waals surface area (Å²) in [6.07, 6.45) is 2.23. The molecule has 0 amide bonds. The van der Waals surface area contributed by atoms with Crippen molar-refractivity contribution < 1.29 is 0 Å². The number of hydrogen-bond donors (Lipinski definition) is 1. The highest BCUT2D eigenvalue weighted by Gasteiger charge is 2.09. The van der Waals surface area contributed by atoms with E-state index in [0.29, 0.717) is 12.0 Å². The van der Waals surface area contributed by atoms with Crippen molar-refractivity contribution in [3.63, 3.8) is 0 Å². The predicted molar refractivity (Wildman–Crippen MR) is 81.3 cm³/mol. The van der Waals surface area contributed by atoms with Gasteiger partial charge in [-0.15, -0.1) is 0 Å². The van der Waals surface area contributed by atoms with Crippen molar-refractivity contribution in [2.45, 2.75) is 39.7 Å². The lowest BCUT2D eigenvalue weighted by molar-refractivity contribution is 0.449. The zero-order valence-corrected chi connectivity index (χ0v) is 12.5. The number of hydrogen-bond acceptors (Lipinski definition) is 2. The fourth-order valence-corrected chi connectivity index (χ4v) is 2.33. The molecule has 3 nitrogen and oxygen atoms in total. The van der Waals surface area contributed by atoms with Gasteiger partial charge in [-0.2, -0.15) is 0 Å². The minimum absolute atomic E-state index is 0.568. The molecule has 104 valence electrons. The highest BCUT2D eigenvalue weighted by molar-refractivity contribution is 5.75. The van der Waals surface area contributed by atoms with E-state index in [1.165, 1.54) is 17.8 Å². The summed E-state index contributed by atoms with van der Waals surface area (Å²) in [5.74, 6) is 1.87. The molecule has 1 N–H and O–H groups in total. The van der Waals surface area contributed by atoms with Crippen LogP contribution in [-0.4, -0.2) is 22.1 Å². The maximum absolute atomic E-state index is 4.72. The van der Waals surface area contributed by atoms with E-state index in [4.69, 9.17) is 4.98 Å². The SMILES string of the molecule is CC(CCc1nc2ccccc2n1C)CNC(C)C. The molecule has 0 aliphatic carbocycles. The van der Waals surface area contributed by atoms with Crippen LogP contribution in [0.15, 0.2) is 24.3 Å². The largest absolute Gasteiger partial charge is 0.331 e. The Morgan fingerprint density at radius 2 is 1.95 bits per heavy atom. The average molecular weight is 259 g/mol. The van der Waals surface area contributed by atoms with Crippen LogP contribution in [0.5, 0.6) is 0 Å². The summed E-state index contributed by atoms with van der Waals surface area (Å²) in [6.45, 7) is 7.77. The number of fused-ring (bicyclic) bond motifs is 1. The van der Waals surface area contributed by atoms with E-state index in [9.17, 15) is 0 Å². The van der Waals surface area contributed by atoms with Crippen LogP contribution in [0.25, 0.3) is 11.0 Å². The second kappa shape index (κ2) is 6.20. The van der Waals surface area contributed by atoms with Crippen molar-refractivity contribution in [2.75, 3.05) is 6.54 Å². The number of para-hydroxylation sites is 2. The van der Waals surface area contributed by atoms with E-state index in [-0.39, 0.29) is 0 Å². The summed E-state index contributed by atoms with van der Waals surface area (Å²) in [5, 5.41) is 3.50. The van der Waals surface area contributed by atoms with E-state index in [1.807, 2.05) is 6.07 Å². The molecular weight excluding hydrogens is 234 g/mol. The molecule has 0 spiro atoms. The molecule has 2 aromatic rings. The van der Waals surface area contributed by atoms with E-state index in [1.54, 1.807) is 0 Å². The molecule has 1 atom stereocenters. The van der Waals surface area contributed by atoms with Gasteiger partial charge in [0.15, 0.2) is 0 Å². The first-order valence-electron chi connectivity index (χ1n) is 7.21. The first-order valence-corrected chi connectivity index (χ1v) is 7.21. The Labute approximate surface area is 116 Å². The molecule has 0 saturated heterocycles. The van der Waals surface area contributed by atoms with E-state index in [0.717, 1.165) is 18.5 Å². The average Bonchev–Trinajstić information content (AvgIpc) is 2.71. The summed E-state index contributed by atoms with van der Waals surface area (Å²) in [6, 6.07) is 8.91. The standard InChI is InChI=1S/C16H25N3/c1-12(2)17-11-13(3)9-10-16-18-14-7-5-6-8-15(14)19(16)4/h5-8,12-13,17H,9-11H2,1-4H3. The maximum Gasteiger partial charge on any atom is 0.109 e. The monoisotopic (exact) mass is 259 g/mol. The number of nitrogens with zero attached hydrogens (tertiary/aromatic N) is 2. The van der Waals surface area contributed by atoms with Gasteiger partial charge in [-0.1, -0.05) is 32.9 Å². The Kier molecular flexibility index (Phi) is 4.59. The molecule has 19 heavy (non-hydrogen) atoms. The molecule has 1 aromatic carbocycles. The predicted octanol–water partition coefficient (Wildman–Crippen LogP) is 3.14. The Bertz CT molecular complexity index is 528. The van der Waals surface area contributed by atoms with Crippen LogP contribution in [0.3, 0.4) is 0 Å². The smallest absolute Gasteiger partial charge is 0.109 e. The number of nitrogens with one attached hydrogen (secondary N) is 1. The van der Waals surface area contributed by atoms with Crippen LogP contribution >= 0.6 is 0 Å². The normalized spacial score (nSPS) is 13.3. The molecule has 0 fully saturated rings. The molecule has 0 radical (unpaired) electrons. The van der Waals surface area contributed by atoms with Crippen LogP contribution in [0, 0.1) is 5.92 Å². The van der Waals surface area contributed by atoms with E-state index in [2.05, 4.69) is 55.9 Å². The third-order valence-corrected chi connectivity index (χ3v) is 3.62. The zero-order valence-electron chi connectivity index (χ0n) is 12.5.